The lowest BCUT2D eigenvalue weighted by molar-refractivity contribution is 0.507. The first kappa shape index (κ1) is 20.5. The molecule has 0 amide bonds. The molecule has 0 radical (unpaired) electrons. The Balaban J connectivity index is 1.66. The third kappa shape index (κ3) is 4.55. The summed E-state index contributed by atoms with van der Waals surface area (Å²) in [6, 6.07) is 17.8. The summed E-state index contributed by atoms with van der Waals surface area (Å²) in [6.07, 6.45) is 0.411. The number of hydrogen-bond acceptors (Lipinski definition) is 5. The summed E-state index contributed by atoms with van der Waals surface area (Å²) >= 11 is 0. The molecule has 0 bridgehead atoms. The minimum Gasteiger partial charge on any atom is -0.378 e. The van der Waals surface area contributed by atoms with Crippen LogP contribution in [0, 0.1) is 11.6 Å². The van der Waals surface area contributed by atoms with Crippen LogP contribution in [0.2, 0.25) is 0 Å². The highest BCUT2D eigenvalue weighted by Gasteiger charge is 2.12. The Kier molecular flexibility index (Phi) is 5.66. The van der Waals surface area contributed by atoms with Gasteiger partial charge in [0.2, 0.25) is 5.95 Å². The van der Waals surface area contributed by atoms with Gasteiger partial charge in [-0.1, -0.05) is 30.3 Å². The summed E-state index contributed by atoms with van der Waals surface area (Å²) in [5, 5.41) is 4.17. The van der Waals surface area contributed by atoms with Crippen molar-refractivity contribution < 1.29 is 8.78 Å². The summed E-state index contributed by atoms with van der Waals surface area (Å²) in [6.45, 7) is 0.554. The summed E-state index contributed by atoms with van der Waals surface area (Å²) in [7, 11) is 4.00. The standard InChI is InChI=1S/C24H23F2N5/c1-31(2)18-9-6-15(7-10-18)14-28-23-22-17(4-3-5-21(22)29-24(27)30-23)12-16-8-11-19(25)20(26)13-16/h3-11,13H,12,14H2,1-2H3,(H3,27,28,29,30). The molecule has 7 heteroatoms. The Bertz CT molecular complexity index is 1220. The average molecular weight is 419 g/mol. The molecule has 0 fully saturated rings. The Morgan fingerprint density at radius 1 is 0.903 bits per heavy atom. The van der Waals surface area contributed by atoms with E-state index in [1.807, 2.05) is 37.2 Å². The number of benzene rings is 3. The van der Waals surface area contributed by atoms with E-state index >= 15 is 0 Å². The number of nitrogen functional groups attached to an aromatic ring is 1. The summed E-state index contributed by atoms with van der Waals surface area (Å²) < 4.78 is 27.0. The molecular weight excluding hydrogens is 396 g/mol. The zero-order valence-electron chi connectivity index (χ0n) is 17.4. The molecular formula is C24H23F2N5. The Labute approximate surface area is 179 Å². The minimum absolute atomic E-state index is 0.169. The van der Waals surface area contributed by atoms with Crippen LogP contribution in [0.15, 0.2) is 60.7 Å². The van der Waals surface area contributed by atoms with Crippen LogP contribution >= 0.6 is 0 Å². The van der Waals surface area contributed by atoms with E-state index in [2.05, 4.69) is 39.6 Å². The van der Waals surface area contributed by atoms with Gasteiger partial charge in [-0.05, 0) is 53.4 Å². The predicted molar refractivity (Wildman–Crippen MR) is 121 cm³/mol. The van der Waals surface area contributed by atoms with Crippen LogP contribution in [-0.2, 0) is 13.0 Å². The third-order valence-electron chi connectivity index (χ3n) is 5.12. The highest BCUT2D eigenvalue weighted by Crippen LogP contribution is 2.28. The first-order chi connectivity index (χ1) is 14.9. The maximum Gasteiger partial charge on any atom is 0.222 e. The molecule has 5 nitrogen and oxygen atoms in total. The molecule has 0 aliphatic rings. The molecule has 0 aliphatic carbocycles. The first-order valence-corrected chi connectivity index (χ1v) is 9.90. The van der Waals surface area contributed by atoms with Gasteiger partial charge in [0, 0.05) is 31.7 Å². The van der Waals surface area contributed by atoms with Crippen molar-refractivity contribution in [3.8, 4) is 0 Å². The third-order valence-corrected chi connectivity index (χ3v) is 5.12. The van der Waals surface area contributed by atoms with Gasteiger partial charge in [0.15, 0.2) is 11.6 Å². The van der Waals surface area contributed by atoms with E-state index in [1.54, 1.807) is 6.07 Å². The van der Waals surface area contributed by atoms with Gasteiger partial charge in [0.1, 0.15) is 5.82 Å². The second-order valence-corrected chi connectivity index (χ2v) is 7.58. The molecule has 0 aliphatic heterocycles. The number of fused-ring (bicyclic) bond motifs is 1. The summed E-state index contributed by atoms with van der Waals surface area (Å²) in [5.74, 6) is -0.946. The molecule has 4 aromatic rings. The van der Waals surface area contributed by atoms with Crippen molar-refractivity contribution in [2.45, 2.75) is 13.0 Å². The molecule has 3 aromatic carbocycles. The SMILES string of the molecule is CN(C)c1ccc(CNc2nc(N)nc3cccc(Cc4ccc(F)c(F)c4)c23)cc1. The number of rotatable bonds is 6. The van der Waals surface area contributed by atoms with E-state index in [-0.39, 0.29) is 5.95 Å². The minimum atomic E-state index is -0.863. The fourth-order valence-corrected chi connectivity index (χ4v) is 3.51. The van der Waals surface area contributed by atoms with Crippen molar-refractivity contribution in [3.63, 3.8) is 0 Å². The zero-order chi connectivity index (χ0) is 22.0. The van der Waals surface area contributed by atoms with E-state index in [4.69, 9.17) is 5.73 Å². The Hall–Kier alpha value is -3.74. The topological polar surface area (TPSA) is 67.1 Å². The molecule has 0 atom stereocenters. The van der Waals surface area contributed by atoms with Crippen molar-refractivity contribution in [2.75, 3.05) is 30.0 Å². The first-order valence-electron chi connectivity index (χ1n) is 9.90. The van der Waals surface area contributed by atoms with Crippen LogP contribution in [0.4, 0.5) is 26.2 Å². The van der Waals surface area contributed by atoms with Gasteiger partial charge in [-0.2, -0.15) is 4.98 Å². The number of aromatic nitrogens is 2. The second kappa shape index (κ2) is 8.55. The average Bonchev–Trinajstić information content (AvgIpc) is 2.75. The molecule has 4 rings (SSSR count). The van der Waals surface area contributed by atoms with Gasteiger partial charge in [-0.15, -0.1) is 0 Å². The van der Waals surface area contributed by atoms with Gasteiger partial charge in [0.25, 0.3) is 0 Å². The van der Waals surface area contributed by atoms with Gasteiger partial charge >= 0.3 is 0 Å². The highest BCUT2D eigenvalue weighted by molar-refractivity contribution is 5.93. The predicted octanol–water partition coefficient (Wildman–Crippen LogP) is 4.76. The number of nitrogens with zero attached hydrogens (tertiary/aromatic N) is 3. The maximum atomic E-state index is 13.7. The fourth-order valence-electron chi connectivity index (χ4n) is 3.51. The monoisotopic (exact) mass is 419 g/mol. The summed E-state index contributed by atoms with van der Waals surface area (Å²) in [5.41, 5.74) is 10.4. The second-order valence-electron chi connectivity index (χ2n) is 7.58. The van der Waals surface area contributed by atoms with E-state index in [9.17, 15) is 8.78 Å². The van der Waals surface area contributed by atoms with E-state index in [0.717, 1.165) is 28.3 Å². The summed E-state index contributed by atoms with van der Waals surface area (Å²) in [4.78, 5) is 10.8. The number of nitrogens with two attached hydrogens (primary N) is 1. The number of hydrogen-bond donors (Lipinski definition) is 2. The number of halogens is 2. The zero-order valence-corrected chi connectivity index (χ0v) is 17.4. The van der Waals surface area contributed by atoms with E-state index in [1.165, 1.54) is 6.07 Å². The molecule has 31 heavy (non-hydrogen) atoms. The van der Waals surface area contributed by atoms with Crippen molar-refractivity contribution in [2.24, 2.45) is 0 Å². The van der Waals surface area contributed by atoms with Crippen LogP contribution in [-0.4, -0.2) is 24.1 Å². The lowest BCUT2D eigenvalue weighted by atomic mass is 10.0. The Morgan fingerprint density at radius 3 is 2.35 bits per heavy atom. The molecule has 1 aromatic heterocycles. The van der Waals surface area contributed by atoms with Crippen molar-refractivity contribution in [1.29, 1.82) is 0 Å². The van der Waals surface area contributed by atoms with Crippen LogP contribution in [0.5, 0.6) is 0 Å². The molecule has 0 spiro atoms. The lowest BCUT2D eigenvalue weighted by Gasteiger charge is -2.15. The molecule has 0 unspecified atom stereocenters. The molecule has 1 heterocycles. The van der Waals surface area contributed by atoms with Crippen LogP contribution in [0.25, 0.3) is 10.9 Å². The molecule has 158 valence electrons. The maximum absolute atomic E-state index is 13.7. The van der Waals surface area contributed by atoms with Crippen molar-refractivity contribution in [3.05, 3.63) is 89.0 Å². The van der Waals surface area contributed by atoms with E-state index in [0.29, 0.717) is 29.9 Å². The largest absolute Gasteiger partial charge is 0.378 e. The van der Waals surface area contributed by atoms with Crippen LogP contribution in [0.3, 0.4) is 0 Å². The number of anilines is 3. The lowest BCUT2D eigenvalue weighted by Crippen LogP contribution is -2.09. The van der Waals surface area contributed by atoms with Crippen LogP contribution < -0.4 is 16.0 Å². The molecule has 0 saturated carbocycles. The fraction of sp³-hybridized carbons (Fsp3) is 0.167. The molecule has 0 saturated heterocycles. The van der Waals surface area contributed by atoms with E-state index < -0.39 is 11.6 Å². The van der Waals surface area contributed by atoms with Crippen molar-refractivity contribution >= 4 is 28.4 Å². The Morgan fingerprint density at radius 2 is 1.65 bits per heavy atom. The highest BCUT2D eigenvalue weighted by atomic mass is 19.2. The van der Waals surface area contributed by atoms with Gasteiger partial charge in [0.05, 0.1) is 5.52 Å². The van der Waals surface area contributed by atoms with Gasteiger partial charge in [-0.3, -0.25) is 0 Å². The van der Waals surface area contributed by atoms with Crippen molar-refractivity contribution in [1.82, 2.24) is 9.97 Å². The van der Waals surface area contributed by atoms with Crippen LogP contribution in [0.1, 0.15) is 16.7 Å². The normalized spacial score (nSPS) is 11.0. The molecule has 3 N–H and O–H groups in total. The quantitative estimate of drug-likeness (QED) is 0.472. The smallest absolute Gasteiger partial charge is 0.222 e. The van der Waals surface area contributed by atoms with Gasteiger partial charge in [-0.25, -0.2) is 13.8 Å². The van der Waals surface area contributed by atoms with Gasteiger partial charge < -0.3 is 16.0 Å². The number of nitrogens with one attached hydrogen (secondary N) is 1.